The Labute approximate surface area is 116 Å². The standard InChI is InChI=1S/C13H18N2OS2/c1-8-9(2)18-12-10(8)11(14-7-15-12)17-6-5-13(3,4)16/h7,16H,5-6H2,1-4H3. The maximum absolute atomic E-state index is 9.72. The molecule has 0 unspecified atom stereocenters. The lowest BCUT2D eigenvalue weighted by atomic mass is 10.1. The molecule has 0 aliphatic rings. The predicted octanol–water partition coefficient (Wildman–Crippen LogP) is 3.56. The summed E-state index contributed by atoms with van der Waals surface area (Å²) in [6.45, 7) is 7.91. The minimum Gasteiger partial charge on any atom is -0.390 e. The molecule has 0 aliphatic carbocycles. The Kier molecular flexibility index (Phi) is 3.94. The molecule has 0 bridgehead atoms. The summed E-state index contributed by atoms with van der Waals surface area (Å²) in [4.78, 5) is 11.1. The molecular weight excluding hydrogens is 264 g/mol. The molecule has 0 aromatic carbocycles. The maximum atomic E-state index is 9.72. The SMILES string of the molecule is Cc1sc2ncnc(SCCC(C)(C)O)c2c1C. The molecule has 0 fully saturated rings. The quantitative estimate of drug-likeness (QED) is 0.688. The first-order chi connectivity index (χ1) is 8.38. The van der Waals surface area contributed by atoms with Crippen LogP contribution in [0.4, 0.5) is 0 Å². The highest BCUT2D eigenvalue weighted by Crippen LogP contribution is 2.34. The first-order valence-corrected chi connectivity index (χ1v) is 7.74. The lowest BCUT2D eigenvalue weighted by molar-refractivity contribution is 0.0777. The van der Waals surface area contributed by atoms with E-state index in [2.05, 4.69) is 23.8 Å². The summed E-state index contributed by atoms with van der Waals surface area (Å²) in [6, 6.07) is 0. The Balaban J connectivity index is 2.23. The van der Waals surface area contributed by atoms with Crippen LogP contribution in [0.15, 0.2) is 11.4 Å². The number of thiophene rings is 1. The minimum atomic E-state index is -0.612. The first-order valence-electron chi connectivity index (χ1n) is 5.94. The summed E-state index contributed by atoms with van der Waals surface area (Å²) in [5.41, 5.74) is 0.667. The second-order valence-electron chi connectivity index (χ2n) is 5.05. The van der Waals surface area contributed by atoms with Crippen molar-refractivity contribution >= 4 is 33.3 Å². The van der Waals surface area contributed by atoms with E-state index in [4.69, 9.17) is 0 Å². The van der Waals surface area contributed by atoms with Gasteiger partial charge in [0.25, 0.3) is 0 Å². The Hall–Kier alpha value is -0.650. The van der Waals surface area contributed by atoms with Gasteiger partial charge in [-0.3, -0.25) is 0 Å². The van der Waals surface area contributed by atoms with Crippen molar-refractivity contribution in [1.82, 2.24) is 9.97 Å². The van der Waals surface area contributed by atoms with Crippen LogP contribution in [-0.2, 0) is 0 Å². The van der Waals surface area contributed by atoms with Gasteiger partial charge in [-0.25, -0.2) is 9.97 Å². The van der Waals surface area contributed by atoms with Crippen LogP contribution in [-0.4, -0.2) is 26.4 Å². The number of thioether (sulfide) groups is 1. The molecule has 0 amide bonds. The van der Waals surface area contributed by atoms with Gasteiger partial charge in [0, 0.05) is 16.0 Å². The molecule has 3 nitrogen and oxygen atoms in total. The topological polar surface area (TPSA) is 46.0 Å². The lowest BCUT2D eigenvalue weighted by Crippen LogP contribution is -2.19. The van der Waals surface area contributed by atoms with E-state index in [0.29, 0.717) is 0 Å². The molecule has 2 heterocycles. The molecular formula is C13H18N2OS2. The number of aromatic nitrogens is 2. The molecule has 2 rings (SSSR count). The van der Waals surface area contributed by atoms with E-state index in [-0.39, 0.29) is 0 Å². The summed E-state index contributed by atoms with van der Waals surface area (Å²) >= 11 is 3.42. The maximum Gasteiger partial charge on any atom is 0.128 e. The van der Waals surface area contributed by atoms with Gasteiger partial charge in [-0.05, 0) is 39.7 Å². The van der Waals surface area contributed by atoms with Crippen molar-refractivity contribution in [3.05, 3.63) is 16.8 Å². The second-order valence-corrected chi connectivity index (χ2v) is 7.34. The normalized spacial score (nSPS) is 12.3. The van der Waals surface area contributed by atoms with E-state index in [0.717, 1.165) is 22.0 Å². The van der Waals surface area contributed by atoms with Gasteiger partial charge >= 0.3 is 0 Å². The van der Waals surface area contributed by atoms with Gasteiger partial charge in [-0.2, -0.15) is 0 Å². The van der Waals surface area contributed by atoms with Crippen LogP contribution < -0.4 is 0 Å². The van der Waals surface area contributed by atoms with Gasteiger partial charge in [-0.1, -0.05) is 0 Å². The van der Waals surface area contributed by atoms with Crippen LogP contribution >= 0.6 is 23.1 Å². The number of rotatable bonds is 4. The highest BCUT2D eigenvalue weighted by atomic mass is 32.2. The average molecular weight is 282 g/mol. The monoisotopic (exact) mass is 282 g/mol. The number of hydrogen-bond acceptors (Lipinski definition) is 5. The molecule has 5 heteroatoms. The summed E-state index contributed by atoms with van der Waals surface area (Å²) in [5.74, 6) is 0.865. The number of fused-ring (bicyclic) bond motifs is 1. The Bertz CT molecular complexity index is 558. The minimum absolute atomic E-state index is 0.612. The van der Waals surface area contributed by atoms with E-state index in [1.54, 1.807) is 29.4 Å². The van der Waals surface area contributed by atoms with Crippen molar-refractivity contribution in [3.8, 4) is 0 Å². The van der Waals surface area contributed by atoms with Crippen LogP contribution in [0.25, 0.3) is 10.2 Å². The molecule has 98 valence electrons. The van der Waals surface area contributed by atoms with Crippen LogP contribution in [0.3, 0.4) is 0 Å². The molecule has 1 N–H and O–H groups in total. The van der Waals surface area contributed by atoms with Crippen molar-refractivity contribution in [2.24, 2.45) is 0 Å². The van der Waals surface area contributed by atoms with Crippen molar-refractivity contribution in [2.75, 3.05) is 5.75 Å². The zero-order valence-corrected chi connectivity index (χ0v) is 12.8. The Morgan fingerprint density at radius 3 is 2.72 bits per heavy atom. The van der Waals surface area contributed by atoms with E-state index < -0.39 is 5.60 Å². The Morgan fingerprint density at radius 2 is 2.06 bits per heavy atom. The molecule has 0 radical (unpaired) electrons. The zero-order valence-electron chi connectivity index (χ0n) is 11.1. The highest BCUT2D eigenvalue weighted by molar-refractivity contribution is 7.99. The van der Waals surface area contributed by atoms with Crippen molar-refractivity contribution in [1.29, 1.82) is 0 Å². The van der Waals surface area contributed by atoms with Crippen LogP contribution in [0.1, 0.15) is 30.7 Å². The van der Waals surface area contributed by atoms with Gasteiger partial charge in [0.2, 0.25) is 0 Å². The largest absolute Gasteiger partial charge is 0.390 e. The summed E-state index contributed by atoms with van der Waals surface area (Å²) in [7, 11) is 0. The third-order valence-corrected chi connectivity index (χ3v) is 4.99. The Morgan fingerprint density at radius 1 is 1.33 bits per heavy atom. The summed E-state index contributed by atoms with van der Waals surface area (Å²) in [5, 5.41) is 11.9. The van der Waals surface area contributed by atoms with Gasteiger partial charge < -0.3 is 5.11 Å². The average Bonchev–Trinajstić information content (AvgIpc) is 2.54. The number of nitrogens with zero attached hydrogens (tertiary/aromatic N) is 2. The summed E-state index contributed by atoms with van der Waals surface area (Å²) in [6.07, 6.45) is 2.38. The highest BCUT2D eigenvalue weighted by Gasteiger charge is 2.15. The molecule has 0 aliphatic heterocycles. The summed E-state index contributed by atoms with van der Waals surface area (Å²) < 4.78 is 0. The van der Waals surface area contributed by atoms with Crippen molar-refractivity contribution in [3.63, 3.8) is 0 Å². The molecule has 2 aromatic heterocycles. The molecule has 0 saturated carbocycles. The molecule has 2 aromatic rings. The smallest absolute Gasteiger partial charge is 0.128 e. The van der Waals surface area contributed by atoms with E-state index >= 15 is 0 Å². The van der Waals surface area contributed by atoms with E-state index in [1.165, 1.54) is 15.8 Å². The fraction of sp³-hybridized carbons (Fsp3) is 0.538. The van der Waals surface area contributed by atoms with Gasteiger partial charge in [0.1, 0.15) is 16.2 Å². The van der Waals surface area contributed by atoms with E-state index in [9.17, 15) is 5.11 Å². The third-order valence-electron chi connectivity index (χ3n) is 2.88. The molecule has 0 saturated heterocycles. The molecule has 18 heavy (non-hydrogen) atoms. The predicted molar refractivity (Wildman–Crippen MR) is 78.5 cm³/mol. The van der Waals surface area contributed by atoms with Gasteiger partial charge in [-0.15, -0.1) is 23.1 Å². The fourth-order valence-electron chi connectivity index (χ4n) is 1.66. The third kappa shape index (κ3) is 3.02. The van der Waals surface area contributed by atoms with Crippen molar-refractivity contribution < 1.29 is 5.11 Å². The fourth-order valence-corrected chi connectivity index (χ4v) is 4.03. The van der Waals surface area contributed by atoms with E-state index in [1.807, 2.05) is 13.8 Å². The lowest BCUT2D eigenvalue weighted by Gasteiger charge is -2.16. The van der Waals surface area contributed by atoms with Crippen LogP contribution in [0.2, 0.25) is 0 Å². The first kappa shape index (κ1) is 13.8. The number of aryl methyl sites for hydroxylation is 2. The zero-order chi connectivity index (χ0) is 13.3. The molecule has 0 spiro atoms. The van der Waals surface area contributed by atoms with Crippen LogP contribution in [0.5, 0.6) is 0 Å². The van der Waals surface area contributed by atoms with Gasteiger partial charge in [0.15, 0.2) is 0 Å². The molecule has 0 atom stereocenters. The second kappa shape index (κ2) is 5.15. The van der Waals surface area contributed by atoms with Gasteiger partial charge in [0.05, 0.1) is 5.60 Å². The number of aliphatic hydroxyl groups is 1. The number of hydrogen-bond donors (Lipinski definition) is 1. The van der Waals surface area contributed by atoms with Crippen molar-refractivity contribution in [2.45, 2.75) is 44.7 Å². The van der Waals surface area contributed by atoms with Crippen LogP contribution in [0, 0.1) is 13.8 Å².